The Hall–Kier alpha value is -3.38. The predicted octanol–water partition coefficient (Wildman–Crippen LogP) is 5.63. The maximum Gasteiger partial charge on any atom is 0.417 e. The van der Waals surface area contributed by atoms with Crippen LogP contribution in [0.5, 0.6) is 11.6 Å². The van der Waals surface area contributed by atoms with Crippen LogP contribution >= 0.6 is 11.6 Å². The third kappa shape index (κ3) is 6.33. The Balaban J connectivity index is 1.63. The molecule has 1 aromatic carbocycles. The summed E-state index contributed by atoms with van der Waals surface area (Å²) in [5.74, 6) is 0.174. The Bertz CT molecular complexity index is 1110. The number of hydrogen-bond donors (Lipinski definition) is 1. The van der Waals surface area contributed by atoms with E-state index in [1.165, 1.54) is 24.3 Å². The SMILES string of the molecule is O=CN(NCc1ncc(C(F)(F)F)cc1Cl)c1ccc(Oc2ccc(C(F)(F)F)cn2)cc1. The summed E-state index contributed by atoms with van der Waals surface area (Å²) in [5.41, 5.74) is 1.18. The highest BCUT2D eigenvalue weighted by Crippen LogP contribution is 2.32. The first-order valence-corrected chi connectivity index (χ1v) is 9.36. The van der Waals surface area contributed by atoms with Gasteiger partial charge in [-0.15, -0.1) is 0 Å². The lowest BCUT2D eigenvalue weighted by Crippen LogP contribution is -2.36. The zero-order chi connectivity index (χ0) is 24.2. The van der Waals surface area contributed by atoms with Crippen LogP contribution in [-0.2, 0) is 23.7 Å². The molecule has 0 saturated carbocycles. The summed E-state index contributed by atoms with van der Waals surface area (Å²) >= 11 is 5.85. The molecule has 33 heavy (non-hydrogen) atoms. The molecule has 3 aromatic rings. The van der Waals surface area contributed by atoms with E-state index >= 15 is 0 Å². The summed E-state index contributed by atoms with van der Waals surface area (Å²) in [6.07, 6.45) is -7.40. The fourth-order valence-electron chi connectivity index (χ4n) is 2.50. The van der Waals surface area contributed by atoms with Gasteiger partial charge in [0.15, 0.2) is 0 Å². The molecule has 0 atom stereocenters. The molecule has 0 aliphatic heterocycles. The minimum atomic E-state index is -4.59. The van der Waals surface area contributed by atoms with E-state index in [1.54, 1.807) is 0 Å². The van der Waals surface area contributed by atoms with Crippen LogP contribution in [0.15, 0.2) is 54.9 Å². The maximum absolute atomic E-state index is 12.7. The van der Waals surface area contributed by atoms with Crippen LogP contribution < -0.4 is 15.2 Å². The zero-order valence-electron chi connectivity index (χ0n) is 16.3. The van der Waals surface area contributed by atoms with E-state index in [2.05, 4.69) is 15.4 Å². The largest absolute Gasteiger partial charge is 0.439 e. The molecule has 13 heteroatoms. The van der Waals surface area contributed by atoms with Crippen LogP contribution in [0, 0.1) is 0 Å². The van der Waals surface area contributed by atoms with Crippen molar-refractivity contribution < 1.29 is 35.9 Å². The Labute approximate surface area is 187 Å². The normalized spacial score (nSPS) is 11.8. The number of halogens is 7. The van der Waals surface area contributed by atoms with Gasteiger partial charge in [-0.2, -0.15) is 26.3 Å². The molecule has 6 nitrogen and oxygen atoms in total. The van der Waals surface area contributed by atoms with Gasteiger partial charge in [-0.3, -0.25) is 9.78 Å². The first kappa shape index (κ1) is 24.3. The molecule has 0 bridgehead atoms. The Morgan fingerprint density at radius 2 is 1.58 bits per heavy atom. The van der Waals surface area contributed by atoms with Crippen molar-refractivity contribution in [2.75, 3.05) is 5.01 Å². The smallest absolute Gasteiger partial charge is 0.417 e. The number of nitrogens with zero attached hydrogens (tertiary/aromatic N) is 3. The molecule has 2 heterocycles. The number of alkyl halides is 6. The highest BCUT2D eigenvalue weighted by atomic mass is 35.5. The van der Waals surface area contributed by atoms with Crippen molar-refractivity contribution in [3.05, 3.63) is 76.7 Å². The molecule has 0 aliphatic carbocycles. The second-order valence-corrected chi connectivity index (χ2v) is 6.85. The van der Waals surface area contributed by atoms with Crippen molar-refractivity contribution in [3.63, 3.8) is 0 Å². The van der Waals surface area contributed by atoms with Crippen molar-refractivity contribution in [1.29, 1.82) is 0 Å². The summed E-state index contributed by atoms with van der Waals surface area (Å²) in [7, 11) is 0. The minimum Gasteiger partial charge on any atom is -0.439 e. The van der Waals surface area contributed by atoms with E-state index in [1.807, 2.05) is 0 Å². The first-order valence-electron chi connectivity index (χ1n) is 8.98. The molecule has 1 amide bonds. The fraction of sp³-hybridized carbons (Fsp3) is 0.150. The van der Waals surface area contributed by atoms with Gasteiger partial charge < -0.3 is 4.74 Å². The quantitative estimate of drug-likeness (QED) is 0.264. The van der Waals surface area contributed by atoms with Gasteiger partial charge in [0.25, 0.3) is 0 Å². The number of ether oxygens (including phenoxy) is 1. The Morgan fingerprint density at radius 1 is 0.939 bits per heavy atom. The second-order valence-electron chi connectivity index (χ2n) is 6.44. The highest BCUT2D eigenvalue weighted by Gasteiger charge is 2.32. The van der Waals surface area contributed by atoms with Gasteiger partial charge >= 0.3 is 12.4 Å². The Morgan fingerprint density at radius 3 is 2.09 bits per heavy atom. The summed E-state index contributed by atoms with van der Waals surface area (Å²) in [4.78, 5) is 18.7. The molecular formula is C20H13ClF6N4O2. The second kappa shape index (κ2) is 9.63. The predicted molar refractivity (Wildman–Crippen MR) is 105 cm³/mol. The third-order valence-electron chi connectivity index (χ3n) is 4.17. The minimum absolute atomic E-state index is 0.0656. The van der Waals surface area contributed by atoms with E-state index < -0.39 is 23.5 Å². The van der Waals surface area contributed by atoms with Crippen molar-refractivity contribution in [1.82, 2.24) is 15.4 Å². The summed E-state index contributed by atoms with van der Waals surface area (Å²) in [6, 6.07) is 8.43. The van der Waals surface area contributed by atoms with E-state index in [0.29, 0.717) is 24.5 Å². The van der Waals surface area contributed by atoms with Gasteiger partial charge in [0.2, 0.25) is 12.3 Å². The van der Waals surface area contributed by atoms with Gasteiger partial charge in [0.1, 0.15) is 5.75 Å². The van der Waals surface area contributed by atoms with Crippen molar-refractivity contribution >= 4 is 23.7 Å². The molecule has 0 fully saturated rings. The van der Waals surface area contributed by atoms with E-state index in [4.69, 9.17) is 16.3 Å². The molecule has 0 aliphatic rings. The lowest BCUT2D eigenvalue weighted by molar-refractivity contribution is -0.138. The molecule has 0 radical (unpaired) electrons. The number of aromatic nitrogens is 2. The molecule has 3 rings (SSSR count). The lowest BCUT2D eigenvalue weighted by Gasteiger charge is -2.19. The van der Waals surface area contributed by atoms with Crippen LogP contribution in [0.4, 0.5) is 32.0 Å². The molecular weight excluding hydrogens is 478 g/mol. The lowest BCUT2D eigenvalue weighted by atomic mass is 10.2. The Kier molecular flexibility index (Phi) is 7.08. The van der Waals surface area contributed by atoms with E-state index in [-0.39, 0.29) is 28.9 Å². The third-order valence-corrected chi connectivity index (χ3v) is 4.50. The van der Waals surface area contributed by atoms with Crippen LogP contribution in [-0.4, -0.2) is 16.4 Å². The van der Waals surface area contributed by atoms with Crippen LogP contribution in [0.2, 0.25) is 5.02 Å². The number of anilines is 1. The zero-order valence-corrected chi connectivity index (χ0v) is 17.0. The highest BCUT2D eigenvalue weighted by molar-refractivity contribution is 6.31. The van der Waals surface area contributed by atoms with Crippen molar-refractivity contribution in [2.45, 2.75) is 18.9 Å². The monoisotopic (exact) mass is 490 g/mol. The molecule has 174 valence electrons. The molecule has 0 spiro atoms. The number of pyridine rings is 2. The number of hydrazine groups is 1. The van der Waals surface area contributed by atoms with Gasteiger partial charge in [0, 0.05) is 18.5 Å². The first-order chi connectivity index (χ1) is 15.5. The van der Waals surface area contributed by atoms with Crippen LogP contribution in [0.25, 0.3) is 0 Å². The average Bonchev–Trinajstić information content (AvgIpc) is 2.75. The van der Waals surface area contributed by atoms with Gasteiger partial charge in [-0.05, 0) is 36.4 Å². The maximum atomic E-state index is 12.7. The average molecular weight is 491 g/mol. The fourth-order valence-corrected chi connectivity index (χ4v) is 2.74. The molecule has 0 saturated heterocycles. The number of hydrogen-bond acceptors (Lipinski definition) is 5. The van der Waals surface area contributed by atoms with Gasteiger partial charge in [0.05, 0.1) is 34.1 Å². The van der Waals surface area contributed by atoms with Gasteiger partial charge in [-0.1, -0.05) is 11.6 Å². The summed E-state index contributed by atoms with van der Waals surface area (Å²) in [6.45, 7) is -0.149. The molecule has 0 unspecified atom stereocenters. The number of carbonyl (C=O) groups is 1. The van der Waals surface area contributed by atoms with Crippen molar-refractivity contribution in [3.8, 4) is 11.6 Å². The van der Waals surface area contributed by atoms with E-state index in [0.717, 1.165) is 23.2 Å². The summed E-state index contributed by atoms with van der Waals surface area (Å²) in [5, 5.41) is 0.812. The summed E-state index contributed by atoms with van der Waals surface area (Å²) < 4.78 is 81.2. The number of nitrogens with one attached hydrogen (secondary N) is 1. The number of rotatable bonds is 7. The van der Waals surface area contributed by atoms with Crippen LogP contribution in [0.3, 0.4) is 0 Å². The standard InChI is InChI=1S/C20H13ClF6N4O2/c21-16-7-13(20(25,26)27)9-28-17(16)10-30-31(11-32)14-2-4-15(5-3-14)33-18-6-1-12(8-29-18)19(22,23)24/h1-9,11,30H,10H2. The van der Waals surface area contributed by atoms with Gasteiger partial charge in [-0.25, -0.2) is 15.4 Å². The van der Waals surface area contributed by atoms with E-state index in [9.17, 15) is 31.1 Å². The number of benzene rings is 1. The molecule has 1 N–H and O–H groups in total. The topological polar surface area (TPSA) is 67.4 Å². The molecule has 2 aromatic heterocycles. The van der Waals surface area contributed by atoms with Crippen molar-refractivity contribution in [2.24, 2.45) is 0 Å². The number of amides is 1. The van der Waals surface area contributed by atoms with Crippen LogP contribution in [0.1, 0.15) is 16.8 Å². The number of carbonyl (C=O) groups excluding carboxylic acids is 1.